The Balaban J connectivity index is 2.35. The Kier molecular flexibility index (Phi) is 6.60. The molecule has 1 rings (SSSR count). The molecule has 1 aromatic rings. The number of ketones is 1. The van der Waals surface area contributed by atoms with E-state index in [9.17, 15) is 9.59 Å². The average Bonchev–Trinajstić information content (AvgIpc) is 2.38. The number of nitrogens with one attached hydrogen (secondary N) is 2. The second-order valence-corrected chi connectivity index (χ2v) is 4.30. The van der Waals surface area contributed by atoms with E-state index >= 15 is 0 Å². The van der Waals surface area contributed by atoms with Gasteiger partial charge in [-0.25, -0.2) is 4.79 Å². The van der Waals surface area contributed by atoms with Crippen molar-refractivity contribution in [3.05, 3.63) is 29.8 Å². The number of aliphatic hydroxyl groups is 1. The molecular formula is C14H20N2O3. The summed E-state index contributed by atoms with van der Waals surface area (Å²) in [7, 11) is 0. The van der Waals surface area contributed by atoms with E-state index in [1.165, 1.54) is 6.92 Å². The third kappa shape index (κ3) is 6.01. The van der Waals surface area contributed by atoms with Crippen molar-refractivity contribution in [1.82, 2.24) is 5.32 Å². The Morgan fingerprint density at radius 3 is 2.68 bits per heavy atom. The van der Waals surface area contributed by atoms with Crippen LogP contribution in [0.2, 0.25) is 0 Å². The predicted molar refractivity (Wildman–Crippen MR) is 74.4 cm³/mol. The van der Waals surface area contributed by atoms with Crippen LogP contribution in [0.15, 0.2) is 24.3 Å². The molecule has 0 unspecified atom stereocenters. The summed E-state index contributed by atoms with van der Waals surface area (Å²) in [5.41, 5.74) is 1.17. The highest BCUT2D eigenvalue weighted by Crippen LogP contribution is 2.10. The van der Waals surface area contributed by atoms with Crippen molar-refractivity contribution in [2.24, 2.45) is 0 Å². The van der Waals surface area contributed by atoms with E-state index in [1.807, 2.05) is 0 Å². The highest BCUT2D eigenvalue weighted by molar-refractivity contribution is 5.96. The van der Waals surface area contributed by atoms with E-state index in [4.69, 9.17) is 5.11 Å². The fraction of sp³-hybridized carbons (Fsp3) is 0.429. The molecule has 0 atom stereocenters. The van der Waals surface area contributed by atoms with Gasteiger partial charge in [0.2, 0.25) is 0 Å². The lowest BCUT2D eigenvalue weighted by molar-refractivity contribution is 0.101. The number of Topliss-reactive ketones (excluding diaryl/α,β-unsaturated/α-hetero) is 1. The molecule has 1 aromatic carbocycles. The van der Waals surface area contributed by atoms with Crippen LogP contribution >= 0.6 is 0 Å². The van der Waals surface area contributed by atoms with Gasteiger partial charge < -0.3 is 15.7 Å². The van der Waals surface area contributed by atoms with Gasteiger partial charge in [0, 0.05) is 24.4 Å². The number of anilines is 1. The molecule has 104 valence electrons. The van der Waals surface area contributed by atoms with Gasteiger partial charge in [0.25, 0.3) is 0 Å². The fourth-order valence-corrected chi connectivity index (χ4v) is 1.61. The topological polar surface area (TPSA) is 78.4 Å². The van der Waals surface area contributed by atoms with Gasteiger partial charge in [-0.15, -0.1) is 0 Å². The molecule has 0 aliphatic carbocycles. The zero-order chi connectivity index (χ0) is 14.1. The molecule has 0 aliphatic heterocycles. The maximum Gasteiger partial charge on any atom is 0.319 e. The van der Waals surface area contributed by atoms with Crippen LogP contribution in [0.25, 0.3) is 0 Å². The number of unbranched alkanes of at least 4 members (excludes halogenated alkanes) is 2. The van der Waals surface area contributed by atoms with Gasteiger partial charge in [0.1, 0.15) is 0 Å². The smallest absolute Gasteiger partial charge is 0.319 e. The second-order valence-electron chi connectivity index (χ2n) is 4.30. The molecule has 0 spiro atoms. The summed E-state index contributed by atoms with van der Waals surface area (Å²) in [6.45, 7) is 2.24. The Labute approximate surface area is 113 Å². The van der Waals surface area contributed by atoms with E-state index in [1.54, 1.807) is 24.3 Å². The number of carbonyl (C=O) groups excluding carboxylic acids is 2. The minimum Gasteiger partial charge on any atom is -0.396 e. The number of benzene rings is 1. The van der Waals surface area contributed by atoms with Crippen LogP contribution in [0.4, 0.5) is 10.5 Å². The number of amides is 2. The third-order valence-electron chi connectivity index (χ3n) is 2.65. The number of aliphatic hydroxyl groups excluding tert-OH is 1. The van der Waals surface area contributed by atoms with E-state index in [0.29, 0.717) is 17.8 Å². The molecule has 2 amide bonds. The van der Waals surface area contributed by atoms with Crippen LogP contribution in [-0.2, 0) is 0 Å². The number of hydrogen-bond acceptors (Lipinski definition) is 3. The van der Waals surface area contributed by atoms with Crippen molar-refractivity contribution in [2.75, 3.05) is 18.5 Å². The summed E-state index contributed by atoms with van der Waals surface area (Å²) in [5, 5.41) is 14.0. The minimum atomic E-state index is -0.287. The van der Waals surface area contributed by atoms with Crippen molar-refractivity contribution in [2.45, 2.75) is 26.2 Å². The monoisotopic (exact) mass is 264 g/mol. The molecule has 19 heavy (non-hydrogen) atoms. The zero-order valence-electron chi connectivity index (χ0n) is 11.1. The van der Waals surface area contributed by atoms with E-state index in [2.05, 4.69) is 10.6 Å². The van der Waals surface area contributed by atoms with Crippen LogP contribution in [0, 0.1) is 0 Å². The highest BCUT2D eigenvalue weighted by atomic mass is 16.3. The first-order chi connectivity index (χ1) is 9.13. The SMILES string of the molecule is CC(=O)c1cccc(NC(=O)NCCCCCO)c1. The van der Waals surface area contributed by atoms with E-state index < -0.39 is 0 Å². The second kappa shape index (κ2) is 8.26. The molecule has 0 saturated carbocycles. The predicted octanol–water partition coefficient (Wildman–Crippen LogP) is 2.17. The molecule has 0 fully saturated rings. The van der Waals surface area contributed by atoms with Gasteiger partial charge in [0.15, 0.2) is 5.78 Å². The van der Waals surface area contributed by atoms with Crippen LogP contribution in [0.5, 0.6) is 0 Å². The maximum atomic E-state index is 11.6. The zero-order valence-corrected chi connectivity index (χ0v) is 11.1. The average molecular weight is 264 g/mol. The van der Waals surface area contributed by atoms with Crippen molar-refractivity contribution < 1.29 is 14.7 Å². The van der Waals surface area contributed by atoms with Gasteiger partial charge in [-0.05, 0) is 38.3 Å². The summed E-state index contributed by atoms with van der Waals surface area (Å²) in [4.78, 5) is 22.8. The van der Waals surface area contributed by atoms with Crippen LogP contribution in [-0.4, -0.2) is 30.1 Å². The summed E-state index contributed by atoms with van der Waals surface area (Å²) in [6, 6.07) is 6.53. The summed E-state index contributed by atoms with van der Waals surface area (Å²) >= 11 is 0. The number of carbonyl (C=O) groups is 2. The summed E-state index contributed by atoms with van der Waals surface area (Å²) in [5.74, 6) is -0.0342. The molecule has 0 heterocycles. The third-order valence-corrected chi connectivity index (χ3v) is 2.65. The maximum absolute atomic E-state index is 11.6. The number of hydrogen-bond donors (Lipinski definition) is 3. The Hall–Kier alpha value is -1.88. The van der Waals surface area contributed by atoms with E-state index in [0.717, 1.165) is 19.3 Å². The van der Waals surface area contributed by atoms with Crippen molar-refractivity contribution in [3.63, 3.8) is 0 Å². The van der Waals surface area contributed by atoms with Crippen LogP contribution < -0.4 is 10.6 Å². The van der Waals surface area contributed by atoms with Crippen molar-refractivity contribution in [1.29, 1.82) is 0 Å². The number of rotatable bonds is 7. The van der Waals surface area contributed by atoms with Crippen molar-refractivity contribution >= 4 is 17.5 Å². The first-order valence-electron chi connectivity index (χ1n) is 6.40. The Bertz CT molecular complexity index is 432. The molecule has 3 N–H and O–H groups in total. The quantitative estimate of drug-likeness (QED) is 0.521. The first-order valence-corrected chi connectivity index (χ1v) is 6.40. The molecule has 5 heteroatoms. The van der Waals surface area contributed by atoms with Gasteiger partial charge >= 0.3 is 6.03 Å². The number of urea groups is 1. The normalized spacial score (nSPS) is 10.0. The molecule has 0 aliphatic rings. The standard InChI is InChI=1S/C14H20N2O3/c1-11(18)12-6-5-7-13(10-12)16-14(19)15-8-3-2-4-9-17/h5-7,10,17H,2-4,8-9H2,1H3,(H2,15,16,19). The van der Waals surface area contributed by atoms with E-state index in [-0.39, 0.29) is 18.4 Å². The lowest BCUT2D eigenvalue weighted by Gasteiger charge is -2.08. The molecule has 5 nitrogen and oxygen atoms in total. The Morgan fingerprint density at radius 2 is 2.00 bits per heavy atom. The summed E-state index contributed by atoms with van der Waals surface area (Å²) in [6.07, 6.45) is 2.47. The van der Waals surface area contributed by atoms with Crippen LogP contribution in [0.3, 0.4) is 0 Å². The lowest BCUT2D eigenvalue weighted by atomic mass is 10.1. The van der Waals surface area contributed by atoms with Gasteiger partial charge in [0.05, 0.1) is 0 Å². The Morgan fingerprint density at radius 1 is 1.21 bits per heavy atom. The molecule has 0 bridgehead atoms. The molecule has 0 radical (unpaired) electrons. The molecule has 0 aromatic heterocycles. The highest BCUT2D eigenvalue weighted by Gasteiger charge is 2.03. The molecule has 0 saturated heterocycles. The first kappa shape index (κ1) is 15.2. The van der Waals surface area contributed by atoms with Crippen molar-refractivity contribution in [3.8, 4) is 0 Å². The van der Waals surface area contributed by atoms with Crippen LogP contribution in [0.1, 0.15) is 36.5 Å². The van der Waals surface area contributed by atoms with Gasteiger partial charge in [-0.2, -0.15) is 0 Å². The van der Waals surface area contributed by atoms with Gasteiger partial charge in [-0.3, -0.25) is 4.79 Å². The minimum absolute atomic E-state index is 0.0342. The fourth-order valence-electron chi connectivity index (χ4n) is 1.61. The summed E-state index contributed by atoms with van der Waals surface area (Å²) < 4.78 is 0. The van der Waals surface area contributed by atoms with Gasteiger partial charge in [-0.1, -0.05) is 12.1 Å². The lowest BCUT2D eigenvalue weighted by Crippen LogP contribution is -2.29. The largest absolute Gasteiger partial charge is 0.396 e. The molecular weight excluding hydrogens is 244 g/mol.